The highest BCUT2D eigenvalue weighted by Crippen LogP contribution is 2.36. The summed E-state index contributed by atoms with van der Waals surface area (Å²) in [6.45, 7) is 6.75. The molecule has 0 bridgehead atoms. The van der Waals surface area contributed by atoms with Crippen molar-refractivity contribution < 1.29 is 9.59 Å². The van der Waals surface area contributed by atoms with Gasteiger partial charge in [-0.3, -0.25) is 14.6 Å². The Kier molecular flexibility index (Phi) is 8.13. The quantitative estimate of drug-likeness (QED) is 0.271. The van der Waals surface area contributed by atoms with Gasteiger partial charge in [-0.2, -0.15) is 0 Å². The number of allylic oxidation sites excluding steroid dienone is 2. The molecule has 0 saturated carbocycles. The van der Waals surface area contributed by atoms with E-state index in [2.05, 4.69) is 63.7 Å². The minimum Gasteiger partial charge on any atom is -0.377 e. The number of carbonyl (C=O) groups is 2. The molecule has 0 saturated heterocycles. The van der Waals surface area contributed by atoms with Crippen molar-refractivity contribution in [3.05, 3.63) is 51.9 Å². The monoisotopic (exact) mass is 461 g/mol. The van der Waals surface area contributed by atoms with Crippen LogP contribution in [0.4, 0.5) is 0 Å². The van der Waals surface area contributed by atoms with Crippen LogP contribution in [0, 0.1) is 10.8 Å². The number of aromatic nitrogens is 1. The second-order valence-electron chi connectivity index (χ2n) is 7.71. The maximum Gasteiger partial charge on any atom is 0.260 e. The molecule has 8 heteroatoms. The van der Waals surface area contributed by atoms with Crippen LogP contribution >= 0.6 is 15.9 Å². The smallest absolute Gasteiger partial charge is 0.260 e. The maximum absolute atomic E-state index is 12.4. The summed E-state index contributed by atoms with van der Waals surface area (Å²) < 4.78 is 0.199. The number of hydrogen-bond donors (Lipinski definition) is 4. The third kappa shape index (κ3) is 6.81. The predicted molar refractivity (Wildman–Crippen MR) is 118 cm³/mol. The van der Waals surface area contributed by atoms with Gasteiger partial charge in [-0.05, 0) is 58.8 Å². The summed E-state index contributed by atoms with van der Waals surface area (Å²) in [6.07, 6.45) is 8.51. The van der Waals surface area contributed by atoms with E-state index in [1.165, 1.54) is 5.57 Å². The highest BCUT2D eigenvalue weighted by Gasteiger charge is 2.27. The lowest BCUT2D eigenvalue weighted by molar-refractivity contribution is -0.124. The summed E-state index contributed by atoms with van der Waals surface area (Å²) >= 11 is 3.25. The van der Waals surface area contributed by atoms with Crippen molar-refractivity contribution in [2.45, 2.75) is 46.2 Å². The van der Waals surface area contributed by atoms with Gasteiger partial charge in [-0.1, -0.05) is 25.5 Å². The molecule has 1 heterocycles. The van der Waals surface area contributed by atoms with Gasteiger partial charge in [0, 0.05) is 31.2 Å². The number of hydrogen-bond acceptors (Lipinski definition) is 5. The van der Waals surface area contributed by atoms with E-state index in [1.807, 2.05) is 12.1 Å². The standard InChI is InChI=1S/C21H28BrN5O2/c1-14-10-16(4-7-21(14,2)3)27-17(11-23)19(22)20(29)26-13-18(28)25-12-15-5-8-24-9-6-15/h5-6,8-11,16,23,27H,4,7,12-13H2,1-3H3,(H,25,28)(H,26,29)/b19-17-,23-11?. The summed E-state index contributed by atoms with van der Waals surface area (Å²) in [7, 11) is 0. The Labute approximate surface area is 180 Å². The Morgan fingerprint density at radius 3 is 2.62 bits per heavy atom. The lowest BCUT2D eigenvalue weighted by Gasteiger charge is -2.34. The fourth-order valence-electron chi connectivity index (χ4n) is 2.93. The van der Waals surface area contributed by atoms with Crippen LogP contribution in [0.1, 0.15) is 39.2 Å². The van der Waals surface area contributed by atoms with Gasteiger partial charge >= 0.3 is 0 Å². The van der Waals surface area contributed by atoms with Gasteiger partial charge in [0.05, 0.1) is 12.2 Å². The molecule has 0 radical (unpaired) electrons. The minimum absolute atomic E-state index is 0.0589. The first-order chi connectivity index (χ1) is 13.7. The maximum atomic E-state index is 12.4. The molecule has 0 aromatic carbocycles. The van der Waals surface area contributed by atoms with Crippen LogP contribution in [0.5, 0.6) is 0 Å². The third-order valence-electron chi connectivity index (χ3n) is 5.17. The summed E-state index contributed by atoms with van der Waals surface area (Å²) in [4.78, 5) is 28.2. The average molecular weight is 462 g/mol. The van der Waals surface area contributed by atoms with E-state index < -0.39 is 5.91 Å². The van der Waals surface area contributed by atoms with Gasteiger partial charge < -0.3 is 21.4 Å². The largest absolute Gasteiger partial charge is 0.377 e. The summed E-state index contributed by atoms with van der Waals surface area (Å²) in [5.41, 5.74) is 2.77. The van der Waals surface area contributed by atoms with Crippen molar-refractivity contribution in [2.24, 2.45) is 5.41 Å². The molecule has 1 aliphatic rings. The van der Waals surface area contributed by atoms with Crippen molar-refractivity contribution in [3.63, 3.8) is 0 Å². The molecule has 156 valence electrons. The zero-order chi connectivity index (χ0) is 21.4. The molecule has 0 fully saturated rings. The first kappa shape index (κ1) is 22.8. The molecular weight excluding hydrogens is 434 g/mol. The number of halogens is 1. The van der Waals surface area contributed by atoms with Gasteiger partial charge in [-0.25, -0.2) is 0 Å². The lowest BCUT2D eigenvalue weighted by Crippen LogP contribution is -2.38. The first-order valence-electron chi connectivity index (χ1n) is 9.52. The van der Waals surface area contributed by atoms with Crippen molar-refractivity contribution in [1.29, 1.82) is 5.41 Å². The van der Waals surface area contributed by atoms with Crippen LogP contribution < -0.4 is 16.0 Å². The Hall–Kier alpha value is -2.48. The fourth-order valence-corrected chi connectivity index (χ4v) is 3.30. The molecule has 0 spiro atoms. The third-order valence-corrected chi connectivity index (χ3v) is 5.96. The van der Waals surface area contributed by atoms with Crippen molar-refractivity contribution in [2.75, 3.05) is 6.54 Å². The number of amides is 2. The second kappa shape index (κ2) is 10.3. The topological polar surface area (TPSA) is 107 Å². The first-order valence-corrected chi connectivity index (χ1v) is 10.3. The molecule has 4 N–H and O–H groups in total. The molecule has 1 aliphatic carbocycles. The number of pyridine rings is 1. The van der Waals surface area contributed by atoms with E-state index in [0.29, 0.717) is 12.2 Å². The molecule has 2 amide bonds. The lowest BCUT2D eigenvalue weighted by atomic mass is 9.75. The molecule has 1 aromatic rings. The Morgan fingerprint density at radius 1 is 1.31 bits per heavy atom. The number of nitrogens with zero attached hydrogens (tertiary/aromatic N) is 1. The molecule has 1 unspecified atom stereocenters. The highest BCUT2D eigenvalue weighted by atomic mass is 79.9. The van der Waals surface area contributed by atoms with E-state index >= 15 is 0 Å². The van der Waals surface area contributed by atoms with Crippen molar-refractivity contribution in [3.8, 4) is 0 Å². The van der Waals surface area contributed by atoms with Crippen LogP contribution in [0.3, 0.4) is 0 Å². The highest BCUT2D eigenvalue weighted by molar-refractivity contribution is 9.12. The van der Waals surface area contributed by atoms with Gasteiger partial charge in [0.15, 0.2) is 0 Å². The number of carbonyl (C=O) groups excluding carboxylic acids is 2. The molecule has 0 aliphatic heterocycles. The Bertz CT molecular complexity index is 818. The average Bonchev–Trinajstić information content (AvgIpc) is 2.71. The fraction of sp³-hybridized carbons (Fsp3) is 0.429. The van der Waals surface area contributed by atoms with Crippen LogP contribution in [0.2, 0.25) is 0 Å². The van der Waals surface area contributed by atoms with E-state index in [4.69, 9.17) is 5.41 Å². The summed E-state index contributed by atoms with van der Waals surface area (Å²) in [6, 6.07) is 3.68. The van der Waals surface area contributed by atoms with Crippen molar-refractivity contribution in [1.82, 2.24) is 20.9 Å². The van der Waals surface area contributed by atoms with Gasteiger partial charge in [0.1, 0.15) is 4.48 Å². The Balaban J connectivity index is 1.89. The zero-order valence-electron chi connectivity index (χ0n) is 17.0. The predicted octanol–water partition coefficient (Wildman–Crippen LogP) is 2.79. The molecule has 1 atom stereocenters. The van der Waals surface area contributed by atoms with Gasteiger partial charge in [-0.15, -0.1) is 0 Å². The normalized spacial score (nSPS) is 18.8. The van der Waals surface area contributed by atoms with E-state index in [9.17, 15) is 9.59 Å². The van der Waals surface area contributed by atoms with Crippen LogP contribution in [-0.2, 0) is 16.1 Å². The molecule has 7 nitrogen and oxygen atoms in total. The van der Waals surface area contributed by atoms with Gasteiger partial charge in [0.2, 0.25) is 5.91 Å². The van der Waals surface area contributed by atoms with E-state index in [1.54, 1.807) is 12.4 Å². The second-order valence-corrected chi connectivity index (χ2v) is 8.50. The summed E-state index contributed by atoms with van der Waals surface area (Å²) in [5.74, 6) is -0.750. The minimum atomic E-state index is -0.452. The van der Waals surface area contributed by atoms with Crippen LogP contribution in [0.25, 0.3) is 0 Å². The Morgan fingerprint density at radius 2 is 2.00 bits per heavy atom. The summed E-state index contributed by atoms with van der Waals surface area (Å²) in [5, 5.41) is 16.2. The molecular formula is C21H28BrN5O2. The molecule has 2 rings (SSSR count). The van der Waals surface area contributed by atoms with Gasteiger partial charge in [0.25, 0.3) is 5.91 Å². The zero-order valence-corrected chi connectivity index (χ0v) is 18.6. The number of nitrogens with one attached hydrogen (secondary N) is 4. The molecule has 29 heavy (non-hydrogen) atoms. The molecule has 1 aromatic heterocycles. The van der Waals surface area contributed by atoms with Crippen LogP contribution in [-0.4, -0.2) is 35.6 Å². The van der Waals surface area contributed by atoms with E-state index in [-0.39, 0.29) is 28.4 Å². The van der Waals surface area contributed by atoms with E-state index in [0.717, 1.165) is 24.6 Å². The SMILES string of the molecule is CC1=CC(N/C(C=N)=C(\Br)C(=O)NCC(=O)NCc2ccncc2)CCC1(C)C. The number of rotatable bonds is 8. The van der Waals surface area contributed by atoms with Crippen LogP contribution in [0.15, 0.2) is 46.4 Å². The van der Waals surface area contributed by atoms with Crippen molar-refractivity contribution >= 4 is 34.0 Å².